The van der Waals surface area contributed by atoms with Crippen LogP contribution >= 0.6 is 11.6 Å². The highest BCUT2D eigenvalue weighted by Crippen LogP contribution is 2.36. The van der Waals surface area contributed by atoms with E-state index < -0.39 is 0 Å². The topological polar surface area (TPSA) is 88.3 Å². The van der Waals surface area contributed by atoms with Crippen LogP contribution in [0.3, 0.4) is 0 Å². The van der Waals surface area contributed by atoms with Crippen LogP contribution in [0, 0.1) is 19.8 Å². The number of aromatic nitrogens is 4. The number of amides is 1. The smallest absolute Gasteiger partial charge is 0.258 e. The minimum Gasteiger partial charge on any atom is -0.339 e. The first kappa shape index (κ1) is 19.0. The lowest BCUT2D eigenvalue weighted by Gasteiger charge is -2.53. The van der Waals surface area contributed by atoms with Gasteiger partial charge < -0.3 is 14.3 Å². The molecule has 0 aliphatic carbocycles. The van der Waals surface area contributed by atoms with Crippen molar-refractivity contribution in [2.45, 2.75) is 26.3 Å². The van der Waals surface area contributed by atoms with Gasteiger partial charge in [-0.2, -0.15) is 4.98 Å². The summed E-state index contributed by atoms with van der Waals surface area (Å²) in [6.07, 6.45) is 2.64. The molecule has 0 spiro atoms. The lowest BCUT2D eigenvalue weighted by Crippen LogP contribution is -2.66. The molecule has 2 fully saturated rings. The fourth-order valence-corrected chi connectivity index (χ4v) is 4.31. The van der Waals surface area contributed by atoms with Crippen LogP contribution < -0.4 is 4.90 Å². The fraction of sp³-hybridized carbons (Fsp3) is 0.381. The molecule has 0 saturated carbocycles. The maximum atomic E-state index is 13.4. The van der Waals surface area contributed by atoms with Gasteiger partial charge in [0.1, 0.15) is 0 Å². The van der Waals surface area contributed by atoms with Crippen LogP contribution in [0.4, 0.5) is 5.95 Å². The van der Waals surface area contributed by atoms with E-state index in [1.165, 1.54) is 0 Å². The number of aryl methyl sites for hydroxylation is 2. The van der Waals surface area contributed by atoms with Gasteiger partial charge >= 0.3 is 0 Å². The third-order valence-corrected chi connectivity index (χ3v) is 6.29. The van der Waals surface area contributed by atoms with Crippen molar-refractivity contribution < 1.29 is 9.32 Å². The summed E-state index contributed by atoms with van der Waals surface area (Å²) >= 11 is 6.07. The van der Waals surface area contributed by atoms with E-state index in [4.69, 9.17) is 16.1 Å². The fourth-order valence-electron chi connectivity index (χ4n) is 4.22. The Morgan fingerprint density at radius 2 is 2.03 bits per heavy atom. The molecular formula is C21H21ClN6O2. The number of nitrogens with zero attached hydrogens (tertiary/aromatic N) is 6. The number of carbonyl (C=O) groups excluding carboxylic acids is 1. The zero-order chi connectivity index (χ0) is 20.8. The highest BCUT2D eigenvalue weighted by atomic mass is 35.5. The van der Waals surface area contributed by atoms with E-state index in [1.807, 2.05) is 36.1 Å². The van der Waals surface area contributed by atoms with Crippen molar-refractivity contribution in [3.8, 4) is 11.5 Å². The molecule has 9 heteroatoms. The number of piperidine rings is 1. The van der Waals surface area contributed by atoms with E-state index in [9.17, 15) is 4.79 Å². The molecule has 8 nitrogen and oxygen atoms in total. The molecule has 1 aromatic carbocycles. The Kier molecular flexibility index (Phi) is 4.66. The Morgan fingerprint density at radius 1 is 1.20 bits per heavy atom. The van der Waals surface area contributed by atoms with E-state index in [0.29, 0.717) is 46.3 Å². The van der Waals surface area contributed by atoms with Gasteiger partial charge in [0, 0.05) is 25.6 Å². The van der Waals surface area contributed by atoms with E-state index in [-0.39, 0.29) is 11.9 Å². The van der Waals surface area contributed by atoms with Crippen molar-refractivity contribution in [3.05, 3.63) is 52.6 Å². The molecule has 154 valence electrons. The van der Waals surface area contributed by atoms with E-state index in [1.54, 1.807) is 13.1 Å². The van der Waals surface area contributed by atoms with Crippen LogP contribution in [-0.2, 0) is 0 Å². The molecule has 2 aliphatic heterocycles. The summed E-state index contributed by atoms with van der Waals surface area (Å²) in [6.45, 7) is 5.97. The number of hydrogen-bond donors (Lipinski definition) is 0. The number of likely N-dealkylation sites (tertiary alicyclic amines) is 1. The number of hydrogen-bond acceptors (Lipinski definition) is 7. The molecule has 2 atom stereocenters. The Balaban J connectivity index is 1.38. The Bertz CT molecular complexity index is 1120. The molecule has 2 unspecified atom stereocenters. The third-order valence-electron chi connectivity index (χ3n) is 5.92. The third kappa shape index (κ3) is 3.21. The van der Waals surface area contributed by atoms with Crippen LogP contribution in [-0.4, -0.2) is 56.6 Å². The van der Waals surface area contributed by atoms with Crippen LogP contribution in [0.25, 0.3) is 11.5 Å². The standard InChI is InChI=1S/C21H21ClN6O2/c1-12-17(22)9-23-21(24-12)27-8-7-14-10-28(18(14)11-27)20(29)16-6-4-3-5-15(16)19-25-13(2)26-30-19/h3-6,9,14,18H,7-8,10-11H2,1-2H3. The van der Waals surface area contributed by atoms with Crippen molar-refractivity contribution in [2.75, 3.05) is 24.5 Å². The summed E-state index contributed by atoms with van der Waals surface area (Å²) in [7, 11) is 0. The van der Waals surface area contributed by atoms with Gasteiger partial charge in [-0.3, -0.25) is 4.79 Å². The summed E-state index contributed by atoms with van der Waals surface area (Å²) < 4.78 is 5.31. The lowest BCUT2D eigenvalue weighted by molar-refractivity contribution is 0.00773. The van der Waals surface area contributed by atoms with Gasteiger partial charge in [-0.15, -0.1) is 0 Å². The summed E-state index contributed by atoms with van der Waals surface area (Å²) in [5.41, 5.74) is 2.00. The number of benzene rings is 1. The molecule has 3 aromatic rings. The lowest BCUT2D eigenvalue weighted by atomic mass is 9.81. The van der Waals surface area contributed by atoms with Crippen LogP contribution in [0.15, 0.2) is 35.0 Å². The van der Waals surface area contributed by atoms with Gasteiger partial charge in [-0.05, 0) is 32.4 Å². The Labute approximate surface area is 178 Å². The van der Waals surface area contributed by atoms with Gasteiger partial charge in [0.05, 0.1) is 34.1 Å². The van der Waals surface area contributed by atoms with Crippen molar-refractivity contribution in [2.24, 2.45) is 5.92 Å². The van der Waals surface area contributed by atoms with E-state index in [2.05, 4.69) is 25.0 Å². The zero-order valence-electron chi connectivity index (χ0n) is 16.7. The second-order valence-electron chi connectivity index (χ2n) is 7.82. The first-order valence-corrected chi connectivity index (χ1v) is 10.3. The monoisotopic (exact) mass is 424 g/mol. The van der Waals surface area contributed by atoms with E-state index >= 15 is 0 Å². The molecule has 2 saturated heterocycles. The van der Waals surface area contributed by atoms with Crippen molar-refractivity contribution in [1.29, 1.82) is 0 Å². The molecular weight excluding hydrogens is 404 g/mol. The quantitative estimate of drug-likeness (QED) is 0.638. The van der Waals surface area contributed by atoms with Crippen LogP contribution in [0.1, 0.15) is 28.3 Å². The number of carbonyl (C=O) groups is 1. The molecule has 4 heterocycles. The summed E-state index contributed by atoms with van der Waals surface area (Å²) in [5.74, 6) is 2.05. The molecule has 30 heavy (non-hydrogen) atoms. The van der Waals surface area contributed by atoms with Crippen molar-refractivity contribution >= 4 is 23.5 Å². The molecule has 1 amide bonds. The normalized spacial score (nSPS) is 20.6. The largest absolute Gasteiger partial charge is 0.339 e. The Morgan fingerprint density at radius 3 is 2.80 bits per heavy atom. The summed E-state index contributed by atoms with van der Waals surface area (Å²) in [4.78, 5) is 30.7. The summed E-state index contributed by atoms with van der Waals surface area (Å²) in [5, 5.41) is 4.41. The van der Waals surface area contributed by atoms with Crippen LogP contribution in [0.5, 0.6) is 0 Å². The second kappa shape index (κ2) is 7.36. The Hall–Kier alpha value is -3.00. The first-order chi connectivity index (χ1) is 14.5. The SMILES string of the molecule is Cc1noc(-c2ccccc2C(=O)N2CC3CCN(c4ncc(Cl)c(C)n4)CC32)n1. The van der Waals surface area contributed by atoms with Gasteiger partial charge in [-0.1, -0.05) is 28.9 Å². The van der Waals surface area contributed by atoms with Crippen molar-refractivity contribution in [1.82, 2.24) is 25.0 Å². The minimum absolute atomic E-state index is 0.0160. The number of rotatable bonds is 3. The van der Waals surface area contributed by atoms with Gasteiger partial charge in [0.15, 0.2) is 5.82 Å². The predicted octanol–water partition coefficient (Wildman–Crippen LogP) is 3.15. The maximum absolute atomic E-state index is 13.4. The van der Waals surface area contributed by atoms with Crippen molar-refractivity contribution in [3.63, 3.8) is 0 Å². The number of anilines is 1. The molecule has 5 rings (SSSR count). The number of halogens is 1. The highest BCUT2D eigenvalue weighted by Gasteiger charge is 2.46. The average Bonchev–Trinajstić information content (AvgIpc) is 3.17. The predicted molar refractivity (Wildman–Crippen MR) is 111 cm³/mol. The summed E-state index contributed by atoms with van der Waals surface area (Å²) in [6, 6.07) is 7.51. The zero-order valence-corrected chi connectivity index (χ0v) is 17.5. The number of fused-ring (bicyclic) bond motifs is 1. The first-order valence-electron chi connectivity index (χ1n) is 9.96. The molecule has 2 aromatic heterocycles. The second-order valence-corrected chi connectivity index (χ2v) is 8.22. The minimum atomic E-state index is -0.0160. The molecule has 2 aliphatic rings. The highest BCUT2D eigenvalue weighted by molar-refractivity contribution is 6.31. The average molecular weight is 425 g/mol. The van der Waals surface area contributed by atoms with Gasteiger partial charge in [0.25, 0.3) is 11.8 Å². The molecule has 0 radical (unpaired) electrons. The van der Waals surface area contributed by atoms with Gasteiger partial charge in [0.2, 0.25) is 5.95 Å². The maximum Gasteiger partial charge on any atom is 0.258 e. The molecule has 0 bridgehead atoms. The van der Waals surface area contributed by atoms with E-state index in [0.717, 1.165) is 25.2 Å². The van der Waals surface area contributed by atoms with Gasteiger partial charge in [-0.25, -0.2) is 9.97 Å². The molecule has 0 N–H and O–H groups in total. The van der Waals surface area contributed by atoms with Crippen LogP contribution in [0.2, 0.25) is 5.02 Å².